The second-order valence-corrected chi connectivity index (χ2v) is 17.2. The first-order valence-electron chi connectivity index (χ1n) is 33.9. The summed E-state index contributed by atoms with van der Waals surface area (Å²) in [4.78, 5) is 47.3. The van der Waals surface area contributed by atoms with Crippen LogP contribution in [0.15, 0.2) is 190 Å². The Morgan fingerprint density at radius 1 is 0.448 bits per heavy atom. The SMILES string of the molecule is CC.CC.CC.CC.CC.CC.CC.CC.CC.CC.CC.CC.Cc1cc[nH]c1.Cc1ccc[nH]1.Cc1cnc[nH]1.Cc1cnco1.Cc1cncs1.Cc1cocn1.Cc1cscn1.Cc1ncc[nH]1.Cc1ncco1.Cc1nccs1.Cn1cccc1.Cn1ccnc1. The minimum atomic E-state index is 0.718. The van der Waals surface area contributed by atoms with E-state index in [0.717, 1.165) is 39.6 Å². The van der Waals surface area contributed by atoms with Crippen LogP contribution in [-0.2, 0) is 14.1 Å². The van der Waals surface area contributed by atoms with Crippen LogP contribution in [0.25, 0.3) is 0 Å². The van der Waals surface area contributed by atoms with Crippen LogP contribution in [0.4, 0.5) is 0 Å². The Hall–Kier alpha value is -8.01. The molecule has 0 unspecified atom stereocenters. The number of aryl methyl sites for hydroxylation is 12. The Kier molecular flexibility index (Phi) is 134. The molecule has 21 heteroatoms. The van der Waals surface area contributed by atoms with Gasteiger partial charge >= 0.3 is 0 Å². The first-order valence-corrected chi connectivity index (χ1v) is 36.6. The largest absolute Gasteiger partial charge is 0.452 e. The van der Waals surface area contributed by atoms with Gasteiger partial charge in [0.25, 0.3) is 0 Å². The van der Waals surface area contributed by atoms with E-state index >= 15 is 0 Å². The number of aromatic amines is 4. The lowest BCUT2D eigenvalue weighted by atomic mass is 10.4. The van der Waals surface area contributed by atoms with Crippen LogP contribution in [0.5, 0.6) is 0 Å². The van der Waals surface area contributed by atoms with Crippen LogP contribution in [0.3, 0.4) is 0 Å². The highest BCUT2D eigenvalue weighted by atomic mass is 32.1. The van der Waals surface area contributed by atoms with Crippen molar-refractivity contribution in [2.45, 2.75) is 235 Å². The van der Waals surface area contributed by atoms with Gasteiger partial charge in [-0.05, 0) is 98.2 Å². The molecule has 0 spiro atoms. The quantitative estimate of drug-likeness (QED) is 0.111. The lowest BCUT2D eigenvalue weighted by Gasteiger charge is -1.79. The van der Waals surface area contributed by atoms with Crippen molar-refractivity contribution < 1.29 is 13.3 Å². The number of nitrogens with zero attached hydrogens (tertiary/aromatic N) is 11. The molecule has 12 aromatic rings. The molecule has 0 aliphatic carbocycles. The molecule has 12 aromatic heterocycles. The number of nitrogens with one attached hydrogen (secondary N) is 4. The van der Waals surface area contributed by atoms with E-state index in [9.17, 15) is 0 Å². The van der Waals surface area contributed by atoms with Crippen molar-refractivity contribution in [3.8, 4) is 0 Å². The van der Waals surface area contributed by atoms with Crippen LogP contribution >= 0.6 is 34.0 Å². The minimum Gasteiger partial charge on any atom is -0.452 e. The topological polar surface area (TPSA) is 228 Å². The number of aromatic nitrogens is 15. The minimum absolute atomic E-state index is 0.718. The Bertz CT molecular complexity index is 2030. The van der Waals surface area contributed by atoms with Gasteiger partial charge in [0.2, 0.25) is 0 Å². The smallest absolute Gasteiger partial charge is 0.190 e. The first-order chi connectivity index (χ1) is 46.7. The Labute approximate surface area is 599 Å². The number of hydrogen-bond donors (Lipinski definition) is 4. The van der Waals surface area contributed by atoms with Crippen LogP contribution in [-0.4, -0.2) is 73.9 Å². The summed E-state index contributed by atoms with van der Waals surface area (Å²) in [5, 5.41) is 5.12. The van der Waals surface area contributed by atoms with E-state index in [1.807, 2.05) is 340 Å². The maximum atomic E-state index is 4.72. The van der Waals surface area contributed by atoms with Gasteiger partial charge in [-0.3, -0.25) is 15.0 Å². The molecule has 0 aromatic carbocycles. The molecule has 18 nitrogen and oxygen atoms in total. The normalized spacial score (nSPS) is 7.38. The highest BCUT2D eigenvalue weighted by Gasteiger charge is 1.81. The second kappa shape index (κ2) is 111. The van der Waals surface area contributed by atoms with Gasteiger partial charge in [-0.1, -0.05) is 166 Å². The zero-order chi connectivity index (χ0) is 76.9. The summed E-state index contributed by atoms with van der Waals surface area (Å²) in [5.41, 5.74) is 9.31. The molecule has 0 saturated carbocycles. The highest BCUT2D eigenvalue weighted by Crippen LogP contribution is 2.00. The molecule has 12 rings (SSSR count). The van der Waals surface area contributed by atoms with E-state index in [-0.39, 0.29) is 0 Å². The van der Waals surface area contributed by atoms with Gasteiger partial charge in [-0.25, -0.2) is 29.9 Å². The number of thiazole rings is 3. The number of rotatable bonds is 0. The van der Waals surface area contributed by atoms with Crippen molar-refractivity contribution in [3.05, 3.63) is 233 Å². The maximum Gasteiger partial charge on any atom is 0.190 e. The van der Waals surface area contributed by atoms with E-state index in [0.29, 0.717) is 0 Å². The first kappa shape index (κ1) is 115. The predicted molar refractivity (Wildman–Crippen MR) is 427 cm³/mol. The molecule has 0 aliphatic heterocycles. The fourth-order valence-corrected chi connectivity index (χ4v) is 5.33. The van der Waals surface area contributed by atoms with Crippen molar-refractivity contribution in [2.75, 3.05) is 0 Å². The molecule has 12 heterocycles. The van der Waals surface area contributed by atoms with Gasteiger partial charge in [-0.15, -0.1) is 34.0 Å². The van der Waals surface area contributed by atoms with Crippen molar-refractivity contribution in [1.82, 2.24) is 73.9 Å². The number of hydrogen-bond acceptors (Lipinski definition) is 15. The van der Waals surface area contributed by atoms with E-state index in [4.69, 9.17) is 8.83 Å². The molecule has 552 valence electrons. The molecular weight excluding hydrogens is 1260 g/mol. The summed E-state index contributed by atoms with van der Waals surface area (Å²) in [7, 11) is 3.94. The van der Waals surface area contributed by atoms with Gasteiger partial charge in [0.1, 0.15) is 24.1 Å². The second-order valence-electron chi connectivity index (χ2n) is 14.3. The van der Waals surface area contributed by atoms with Gasteiger partial charge in [0.15, 0.2) is 18.7 Å². The fourth-order valence-electron chi connectivity index (χ4n) is 3.94. The molecule has 0 radical (unpaired) electrons. The molecule has 0 bridgehead atoms. The summed E-state index contributed by atoms with van der Waals surface area (Å²) in [6, 6.07) is 10.0. The number of H-pyrrole nitrogens is 4. The zero-order valence-corrected chi connectivity index (χ0v) is 69.6. The molecule has 96 heavy (non-hydrogen) atoms. The standard InChI is InChI=1S/3C5H7N.3C4H6N2.3C4H5NO.3C4H5NS.12C2H6/c1-5-2-3-6-4-5;1-6-4-2-3-5-6;1-5-3-2-4-6-5;1-4-2-5-3-6-4;1-6-3-2-5-4-6;1-4-5-2-3-6-4;1-4-2-6-3-5-4;1-4-2-5-3-6-4;1-4-5-2-3-6-4;1-4-2-6-3-5-4;1-4-2-5-3-6-4;1-4-5-2-3-6-4;12*1-2/h2-4,6H,1H3;2-5H,1H3;2-4,6H,1H3;2-3H,1H3,(H,5,6);2-4H,1H3;2-3H,1H3,(H,5,6);6*2-3H,1H3;12*1-2H3. The molecule has 0 aliphatic rings. The molecule has 0 fully saturated rings. The van der Waals surface area contributed by atoms with E-state index in [1.54, 1.807) is 109 Å². The Morgan fingerprint density at radius 3 is 1.18 bits per heavy atom. The lowest BCUT2D eigenvalue weighted by Crippen LogP contribution is -1.76. The Balaban J connectivity index is -0.0000000779. The summed E-state index contributed by atoms with van der Waals surface area (Å²) in [6.07, 6.45) is 35.1. The third-order valence-corrected chi connectivity index (χ3v) is 9.61. The average molecular weight is 1400 g/mol. The monoisotopic (exact) mass is 1400 g/mol. The van der Waals surface area contributed by atoms with Crippen molar-refractivity contribution in [1.29, 1.82) is 0 Å². The van der Waals surface area contributed by atoms with Crippen LogP contribution in [0.2, 0.25) is 0 Å². The number of imidazole rings is 3. The predicted octanol–water partition coefficient (Wildman–Crippen LogP) is 25.1. The zero-order valence-electron chi connectivity index (χ0n) is 67.1. The fraction of sp³-hybridized carbons (Fsp3) is 0.480. The maximum absolute atomic E-state index is 4.72. The third kappa shape index (κ3) is 108. The summed E-state index contributed by atoms with van der Waals surface area (Å²) >= 11 is 4.96. The summed E-state index contributed by atoms with van der Waals surface area (Å²) in [6.45, 7) is 67.5. The summed E-state index contributed by atoms with van der Waals surface area (Å²) in [5.74, 6) is 2.54. The van der Waals surface area contributed by atoms with E-state index in [2.05, 4.69) is 76.1 Å². The van der Waals surface area contributed by atoms with Gasteiger partial charge < -0.3 is 42.3 Å². The van der Waals surface area contributed by atoms with Crippen molar-refractivity contribution in [2.24, 2.45) is 14.1 Å². The third-order valence-electron chi connectivity index (χ3n) is 7.50. The van der Waals surface area contributed by atoms with Crippen LogP contribution in [0, 0.1) is 69.2 Å². The average Bonchev–Trinajstić information content (AvgIpc) is 4.46. The number of oxazole rings is 3. The Morgan fingerprint density at radius 2 is 1.05 bits per heavy atom. The van der Waals surface area contributed by atoms with E-state index in [1.165, 1.54) is 28.9 Å². The molecular formula is C75H141N15O3S3. The molecule has 0 atom stereocenters. The highest BCUT2D eigenvalue weighted by molar-refractivity contribution is 7.09. The van der Waals surface area contributed by atoms with Crippen molar-refractivity contribution in [3.63, 3.8) is 0 Å². The van der Waals surface area contributed by atoms with E-state index < -0.39 is 0 Å². The molecule has 0 amide bonds. The lowest BCUT2D eigenvalue weighted by molar-refractivity contribution is 0.521. The van der Waals surface area contributed by atoms with Gasteiger partial charge in [0, 0.05) is 128 Å². The van der Waals surface area contributed by atoms with Gasteiger partial charge in [0.05, 0.1) is 46.8 Å². The van der Waals surface area contributed by atoms with Crippen LogP contribution in [0.1, 0.15) is 222 Å². The van der Waals surface area contributed by atoms with Gasteiger partial charge in [-0.2, -0.15) is 0 Å². The molecule has 4 N–H and O–H groups in total. The van der Waals surface area contributed by atoms with Crippen molar-refractivity contribution >= 4 is 34.0 Å². The molecule has 0 saturated heterocycles. The summed E-state index contributed by atoms with van der Waals surface area (Å²) < 4.78 is 17.9. The van der Waals surface area contributed by atoms with Crippen LogP contribution < -0.4 is 0 Å².